The average molecular weight is 370 g/mol. The molecule has 1 N–H and O–H groups in total. The maximum absolute atomic E-state index is 11.7. The Morgan fingerprint density at radius 2 is 2.00 bits per heavy atom. The van der Waals surface area contributed by atoms with Crippen molar-refractivity contribution < 1.29 is 14.5 Å². The number of aromatic nitrogens is 1. The Kier molecular flexibility index (Phi) is 5.85. The summed E-state index contributed by atoms with van der Waals surface area (Å²) in [6, 6.07) is 8.22. The van der Waals surface area contributed by atoms with Crippen LogP contribution in [-0.4, -0.2) is 42.6 Å². The smallest absolute Gasteiger partial charge is 0.337 e. The third kappa shape index (κ3) is 4.52. The molecule has 2 aromatic rings. The van der Waals surface area contributed by atoms with Gasteiger partial charge in [-0.25, -0.2) is 4.79 Å². The van der Waals surface area contributed by atoms with Crippen molar-refractivity contribution in [2.75, 3.05) is 37.0 Å². The predicted molar refractivity (Wildman–Crippen MR) is 102 cm³/mol. The number of carbonyl (C=O) groups is 1. The highest BCUT2D eigenvalue weighted by Gasteiger charge is 2.22. The number of ether oxygens (including phenoxy) is 1. The van der Waals surface area contributed by atoms with Gasteiger partial charge in [0.05, 0.1) is 17.6 Å². The van der Waals surface area contributed by atoms with Crippen molar-refractivity contribution in [1.82, 2.24) is 4.98 Å². The molecule has 2 heterocycles. The van der Waals surface area contributed by atoms with Gasteiger partial charge in [0.15, 0.2) is 0 Å². The van der Waals surface area contributed by atoms with Crippen molar-refractivity contribution in [3.8, 4) is 0 Å². The van der Waals surface area contributed by atoms with E-state index in [4.69, 9.17) is 4.74 Å². The summed E-state index contributed by atoms with van der Waals surface area (Å²) in [5.41, 5.74) is 1.76. The van der Waals surface area contributed by atoms with Gasteiger partial charge in [-0.1, -0.05) is 0 Å². The number of hydrogen-bond donors (Lipinski definition) is 1. The lowest BCUT2D eigenvalue weighted by Crippen LogP contribution is -2.35. The van der Waals surface area contributed by atoms with Gasteiger partial charge in [-0.2, -0.15) is 0 Å². The van der Waals surface area contributed by atoms with Gasteiger partial charge in [0.2, 0.25) is 0 Å². The van der Waals surface area contributed by atoms with Crippen molar-refractivity contribution in [3.63, 3.8) is 0 Å². The van der Waals surface area contributed by atoms with Crippen LogP contribution >= 0.6 is 0 Å². The first-order chi connectivity index (χ1) is 13.1. The van der Waals surface area contributed by atoms with Crippen LogP contribution in [-0.2, 0) is 4.74 Å². The molecule has 8 nitrogen and oxygen atoms in total. The van der Waals surface area contributed by atoms with Crippen LogP contribution in [0.2, 0.25) is 0 Å². The van der Waals surface area contributed by atoms with E-state index in [-0.39, 0.29) is 11.3 Å². The molecule has 0 aliphatic carbocycles. The molecule has 3 rings (SSSR count). The fourth-order valence-corrected chi connectivity index (χ4v) is 3.29. The number of nitro benzene ring substituents is 1. The van der Waals surface area contributed by atoms with Crippen LogP contribution in [0, 0.1) is 16.0 Å². The predicted octanol–water partition coefficient (Wildman–Crippen LogP) is 3.10. The topological polar surface area (TPSA) is 97.6 Å². The second-order valence-electron chi connectivity index (χ2n) is 6.50. The molecule has 142 valence electrons. The summed E-state index contributed by atoms with van der Waals surface area (Å²) in [5, 5.41) is 14.4. The number of methoxy groups -OCH3 is 1. The Morgan fingerprint density at radius 1 is 1.30 bits per heavy atom. The largest absolute Gasteiger partial charge is 0.465 e. The summed E-state index contributed by atoms with van der Waals surface area (Å²) < 4.78 is 4.69. The van der Waals surface area contributed by atoms with Crippen molar-refractivity contribution in [2.45, 2.75) is 12.8 Å². The summed E-state index contributed by atoms with van der Waals surface area (Å²) in [7, 11) is 1.29. The van der Waals surface area contributed by atoms with Crippen LogP contribution in [0.1, 0.15) is 23.2 Å². The first-order valence-electron chi connectivity index (χ1n) is 8.84. The zero-order valence-corrected chi connectivity index (χ0v) is 15.1. The highest BCUT2D eigenvalue weighted by Crippen LogP contribution is 2.28. The minimum atomic E-state index is -0.515. The van der Waals surface area contributed by atoms with E-state index >= 15 is 0 Å². The van der Waals surface area contributed by atoms with Crippen LogP contribution in [0.15, 0.2) is 42.7 Å². The van der Waals surface area contributed by atoms with Crippen LogP contribution in [0.3, 0.4) is 0 Å². The van der Waals surface area contributed by atoms with Gasteiger partial charge >= 0.3 is 5.97 Å². The number of anilines is 2. The van der Waals surface area contributed by atoms with Crippen LogP contribution < -0.4 is 10.2 Å². The molecule has 0 bridgehead atoms. The van der Waals surface area contributed by atoms with Gasteiger partial charge in [-0.3, -0.25) is 15.1 Å². The molecule has 1 aliphatic rings. The molecule has 8 heteroatoms. The number of hydrogen-bond acceptors (Lipinski definition) is 7. The third-order valence-electron chi connectivity index (χ3n) is 4.84. The number of benzene rings is 1. The fraction of sp³-hybridized carbons (Fsp3) is 0.368. The SMILES string of the molecule is COC(=O)c1ccc([N+](=O)[O-])c(NCC2CCN(c3ccncc3)CC2)c1. The molecule has 0 spiro atoms. The van der Waals surface area contributed by atoms with E-state index in [1.807, 2.05) is 12.1 Å². The molecule has 1 aromatic carbocycles. The summed E-state index contributed by atoms with van der Waals surface area (Å²) in [5.74, 6) is -0.108. The van der Waals surface area contributed by atoms with E-state index in [1.54, 1.807) is 12.4 Å². The molecule has 0 radical (unpaired) electrons. The normalized spacial score (nSPS) is 14.6. The minimum Gasteiger partial charge on any atom is -0.465 e. The van der Waals surface area contributed by atoms with Crippen molar-refractivity contribution >= 4 is 23.0 Å². The first-order valence-corrected chi connectivity index (χ1v) is 8.84. The van der Waals surface area contributed by atoms with Crippen molar-refractivity contribution in [2.24, 2.45) is 5.92 Å². The molecular formula is C19H22N4O4. The van der Waals surface area contributed by atoms with Crippen LogP contribution in [0.25, 0.3) is 0 Å². The van der Waals surface area contributed by atoms with Gasteiger partial charge in [-0.05, 0) is 43.0 Å². The van der Waals surface area contributed by atoms with E-state index < -0.39 is 10.9 Å². The van der Waals surface area contributed by atoms with Gasteiger partial charge in [0, 0.05) is 43.8 Å². The highest BCUT2D eigenvalue weighted by atomic mass is 16.6. The van der Waals surface area contributed by atoms with Crippen LogP contribution in [0.5, 0.6) is 0 Å². The lowest BCUT2D eigenvalue weighted by molar-refractivity contribution is -0.384. The Labute approximate surface area is 157 Å². The molecule has 0 amide bonds. The molecule has 27 heavy (non-hydrogen) atoms. The lowest BCUT2D eigenvalue weighted by Gasteiger charge is -2.33. The number of nitrogens with one attached hydrogen (secondary N) is 1. The number of esters is 1. The second kappa shape index (κ2) is 8.48. The van der Waals surface area contributed by atoms with E-state index in [0.29, 0.717) is 18.2 Å². The zero-order chi connectivity index (χ0) is 19.2. The molecule has 1 saturated heterocycles. The first kappa shape index (κ1) is 18.6. The number of carbonyl (C=O) groups excluding carboxylic acids is 1. The molecule has 1 aliphatic heterocycles. The zero-order valence-electron chi connectivity index (χ0n) is 15.1. The van der Waals surface area contributed by atoms with Gasteiger partial charge in [0.25, 0.3) is 5.69 Å². The third-order valence-corrected chi connectivity index (χ3v) is 4.84. The monoisotopic (exact) mass is 370 g/mol. The summed E-state index contributed by atoms with van der Waals surface area (Å²) in [4.78, 5) is 28.9. The fourth-order valence-electron chi connectivity index (χ4n) is 3.29. The Morgan fingerprint density at radius 3 is 2.63 bits per heavy atom. The van der Waals surface area contributed by atoms with Gasteiger partial charge in [0.1, 0.15) is 5.69 Å². The van der Waals surface area contributed by atoms with Gasteiger partial charge < -0.3 is 15.0 Å². The molecule has 0 saturated carbocycles. The Balaban J connectivity index is 1.61. The van der Waals surface area contributed by atoms with E-state index in [1.165, 1.54) is 25.3 Å². The summed E-state index contributed by atoms with van der Waals surface area (Å²) >= 11 is 0. The summed E-state index contributed by atoms with van der Waals surface area (Å²) in [6.07, 6.45) is 5.55. The number of nitrogens with zero attached hydrogens (tertiary/aromatic N) is 3. The molecular weight excluding hydrogens is 348 g/mol. The van der Waals surface area contributed by atoms with Gasteiger partial charge in [-0.15, -0.1) is 0 Å². The van der Waals surface area contributed by atoms with E-state index in [0.717, 1.165) is 31.6 Å². The average Bonchev–Trinajstić information content (AvgIpc) is 2.72. The Hall–Kier alpha value is -3.16. The Bertz CT molecular complexity index is 805. The molecule has 1 fully saturated rings. The standard InChI is InChI=1S/C19H22N4O4/c1-27-19(24)15-2-3-18(23(25)26)17(12-15)21-13-14-6-10-22(11-7-14)16-4-8-20-9-5-16/h2-5,8-9,12,14,21H,6-7,10-11,13H2,1H3. The summed E-state index contributed by atoms with van der Waals surface area (Å²) in [6.45, 7) is 2.48. The van der Waals surface area contributed by atoms with E-state index in [9.17, 15) is 14.9 Å². The molecule has 0 unspecified atom stereocenters. The van der Waals surface area contributed by atoms with Crippen molar-refractivity contribution in [1.29, 1.82) is 0 Å². The number of piperidine rings is 1. The highest BCUT2D eigenvalue weighted by molar-refractivity contribution is 5.91. The van der Waals surface area contributed by atoms with Crippen LogP contribution in [0.4, 0.5) is 17.1 Å². The number of nitro groups is 1. The molecule has 0 atom stereocenters. The van der Waals surface area contributed by atoms with Crippen molar-refractivity contribution in [3.05, 3.63) is 58.4 Å². The maximum atomic E-state index is 11.7. The minimum absolute atomic E-state index is 0.0446. The quantitative estimate of drug-likeness (QED) is 0.474. The number of rotatable bonds is 6. The van der Waals surface area contributed by atoms with E-state index in [2.05, 4.69) is 15.2 Å². The molecule has 1 aromatic heterocycles. The second-order valence-corrected chi connectivity index (χ2v) is 6.50. The lowest BCUT2D eigenvalue weighted by atomic mass is 9.96. The number of pyridine rings is 1. The maximum Gasteiger partial charge on any atom is 0.337 e.